The number of esters is 1. The van der Waals surface area contributed by atoms with Crippen molar-refractivity contribution in [1.82, 2.24) is 15.1 Å². The van der Waals surface area contributed by atoms with Crippen LogP contribution in [0.1, 0.15) is 0 Å². The van der Waals surface area contributed by atoms with E-state index >= 15 is 0 Å². The summed E-state index contributed by atoms with van der Waals surface area (Å²) in [4.78, 5) is 25.9. The van der Waals surface area contributed by atoms with E-state index in [1.807, 2.05) is 0 Å². The van der Waals surface area contributed by atoms with Crippen LogP contribution >= 0.6 is 0 Å². The molecule has 2 N–H and O–H groups in total. The van der Waals surface area contributed by atoms with Crippen LogP contribution in [0.3, 0.4) is 0 Å². The number of methoxy groups -OCH3 is 1. The first-order valence-corrected chi connectivity index (χ1v) is 7.50. The standard InChI is InChI=1S/C16H16N4O5/c1-24-16(23)11-8-20(6-7-21)15(22)13(11)18-12-5-3-2-4-10(12)14-19-17-9-25-14/h2-5,9,18,21H,6-8H2,1H3. The maximum atomic E-state index is 12.6. The first-order valence-electron chi connectivity index (χ1n) is 7.50. The monoisotopic (exact) mass is 344 g/mol. The highest BCUT2D eigenvalue weighted by Gasteiger charge is 2.34. The van der Waals surface area contributed by atoms with Crippen LogP contribution in [0, 0.1) is 0 Å². The third kappa shape index (κ3) is 3.22. The minimum atomic E-state index is -0.605. The normalized spacial score (nSPS) is 14.2. The molecule has 1 aliphatic heterocycles. The molecule has 0 unspecified atom stereocenters. The smallest absolute Gasteiger partial charge is 0.337 e. The lowest BCUT2D eigenvalue weighted by atomic mass is 10.1. The number of hydrogen-bond acceptors (Lipinski definition) is 8. The second kappa shape index (κ2) is 7.14. The van der Waals surface area contributed by atoms with E-state index in [1.165, 1.54) is 18.4 Å². The Morgan fingerprint density at radius 2 is 2.24 bits per heavy atom. The van der Waals surface area contributed by atoms with Crippen LogP contribution in [0.25, 0.3) is 11.5 Å². The fourth-order valence-electron chi connectivity index (χ4n) is 2.55. The topological polar surface area (TPSA) is 118 Å². The SMILES string of the molecule is COC(=O)C1=C(Nc2ccccc2-c2nnco2)C(=O)N(CCO)C1. The third-order valence-electron chi connectivity index (χ3n) is 3.73. The van der Waals surface area contributed by atoms with E-state index in [9.17, 15) is 9.59 Å². The summed E-state index contributed by atoms with van der Waals surface area (Å²) in [5.74, 6) is -0.720. The van der Waals surface area contributed by atoms with Gasteiger partial charge in [-0.05, 0) is 12.1 Å². The lowest BCUT2D eigenvalue weighted by molar-refractivity contribution is -0.136. The number of rotatable bonds is 6. The van der Waals surface area contributed by atoms with Gasteiger partial charge in [0.25, 0.3) is 5.91 Å². The number of benzene rings is 1. The molecule has 0 bridgehead atoms. The van der Waals surface area contributed by atoms with E-state index < -0.39 is 11.9 Å². The number of aromatic nitrogens is 2. The zero-order chi connectivity index (χ0) is 17.8. The highest BCUT2D eigenvalue weighted by Crippen LogP contribution is 2.29. The van der Waals surface area contributed by atoms with Gasteiger partial charge in [0.1, 0.15) is 5.70 Å². The van der Waals surface area contributed by atoms with Crippen molar-refractivity contribution in [3.8, 4) is 11.5 Å². The molecule has 1 aliphatic rings. The number of aliphatic hydroxyl groups excluding tert-OH is 1. The fourth-order valence-corrected chi connectivity index (χ4v) is 2.55. The number of anilines is 1. The predicted molar refractivity (Wildman–Crippen MR) is 86.1 cm³/mol. The molecule has 3 rings (SSSR count). The van der Waals surface area contributed by atoms with E-state index in [0.717, 1.165) is 0 Å². The van der Waals surface area contributed by atoms with Gasteiger partial charge in [0.15, 0.2) is 0 Å². The Morgan fingerprint density at radius 1 is 1.44 bits per heavy atom. The third-order valence-corrected chi connectivity index (χ3v) is 3.73. The first kappa shape index (κ1) is 16.7. The molecule has 0 fully saturated rings. The molecule has 130 valence electrons. The Labute approximate surface area is 142 Å². The molecule has 0 atom stereocenters. The number of carbonyl (C=O) groups is 2. The van der Waals surface area contributed by atoms with Crippen LogP contribution in [-0.4, -0.2) is 58.9 Å². The van der Waals surface area contributed by atoms with Crippen molar-refractivity contribution in [2.45, 2.75) is 0 Å². The minimum absolute atomic E-state index is 0.0666. The number of amides is 1. The van der Waals surface area contributed by atoms with E-state index in [1.54, 1.807) is 24.3 Å². The molecule has 0 saturated heterocycles. The molecule has 0 radical (unpaired) electrons. The van der Waals surface area contributed by atoms with Crippen LogP contribution in [0.2, 0.25) is 0 Å². The summed E-state index contributed by atoms with van der Waals surface area (Å²) in [7, 11) is 1.25. The maximum absolute atomic E-state index is 12.6. The van der Waals surface area contributed by atoms with E-state index in [-0.39, 0.29) is 36.9 Å². The average molecular weight is 344 g/mol. The molecule has 2 aromatic rings. The molecule has 0 saturated carbocycles. The summed E-state index contributed by atoms with van der Waals surface area (Å²) in [5.41, 5.74) is 1.42. The maximum Gasteiger partial charge on any atom is 0.337 e. The Morgan fingerprint density at radius 3 is 2.92 bits per heavy atom. The lowest BCUT2D eigenvalue weighted by Crippen LogP contribution is -2.31. The molecule has 1 aromatic carbocycles. The van der Waals surface area contributed by atoms with Gasteiger partial charge in [-0.1, -0.05) is 12.1 Å². The number of nitrogens with one attached hydrogen (secondary N) is 1. The molecule has 9 nitrogen and oxygen atoms in total. The molecule has 0 spiro atoms. The summed E-state index contributed by atoms with van der Waals surface area (Å²) in [6, 6.07) is 7.03. The molecule has 25 heavy (non-hydrogen) atoms. The first-order chi connectivity index (χ1) is 12.2. The summed E-state index contributed by atoms with van der Waals surface area (Å²) in [6.07, 6.45) is 1.20. The zero-order valence-corrected chi connectivity index (χ0v) is 13.4. The number of aliphatic hydroxyl groups is 1. The van der Waals surface area contributed by atoms with Gasteiger partial charge in [-0.3, -0.25) is 4.79 Å². The molecule has 0 aliphatic carbocycles. The number of nitrogens with zero attached hydrogens (tertiary/aromatic N) is 3. The summed E-state index contributed by atoms with van der Waals surface area (Å²) >= 11 is 0. The molecule has 1 aromatic heterocycles. The number of ether oxygens (including phenoxy) is 1. The Kier molecular flexibility index (Phi) is 4.75. The van der Waals surface area contributed by atoms with E-state index in [0.29, 0.717) is 11.3 Å². The van der Waals surface area contributed by atoms with Gasteiger partial charge >= 0.3 is 5.97 Å². The second-order valence-electron chi connectivity index (χ2n) is 5.21. The Balaban J connectivity index is 1.97. The highest BCUT2D eigenvalue weighted by molar-refractivity contribution is 6.09. The van der Waals surface area contributed by atoms with Crippen molar-refractivity contribution in [3.05, 3.63) is 41.9 Å². The highest BCUT2D eigenvalue weighted by atomic mass is 16.5. The van der Waals surface area contributed by atoms with E-state index in [4.69, 9.17) is 14.3 Å². The van der Waals surface area contributed by atoms with Crippen molar-refractivity contribution in [2.24, 2.45) is 0 Å². The zero-order valence-electron chi connectivity index (χ0n) is 13.4. The van der Waals surface area contributed by atoms with Gasteiger partial charge in [-0.25, -0.2) is 4.79 Å². The minimum Gasteiger partial charge on any atom is -0.466 e. The second-order valence-corrected chi connectivity index (χ2v) is 5.21. The fraction of sp³-hybridized carbons (Fsp3) is 0.250. The predicted octanol–water partition coefficient (Wildman–Crippen LogP) is 0.410. The van der Waals surface area contributed by atoms with Gasteiger partial charge in [-0.15, -0.1) is 10.2 Å². The van der Waals surface area contributed by atoms with Gasteiger partial charge in [-0.2, -0.15) is 0 Å². The molecular formula is C16H16N4O5. The van der Waals surface area contributed by atoms with Gasteiger partial charge in [0.05, 0.1) is 37.1 Å². The van der Waals surface area contributed by atoms with Crippen LogP contribution in [-0.2, 0) is 14.3 Å². The van der Waals surface area contributed by atoms with Crippen molar-refractivity contribution in [1.29, 1.82) is 0 Å². The number of para-hydroxylation sites is 1. The molecule has 1 amide bonds. The average Bonchev–Trinajstić information content (AvgIpc) is 3.26. The quantitative estimate of drug-likeness (QED) is 0.724. The van der Waals surface area contributed by atoms with Crippen LogP contribution in [0.5, 0.6) is 0 Å². The summed E-state index contributed by atoms with van der Waals surface area (Å²) in [6.45, 7) is -0.0149. The van der Waals surface area contributed by atoms with Crippen molar-refractivity contribution in [3.63, 3.8) is 0 Å². The number of carbonyl (C=O) groups excluding carboxylic acids is 2. The molecule has 9 heteroatoms. The number of β-amino-alcohol motifs (C(OH)–C–C–N with tert-alkyl or cyclic N) is 1. The van der Waals surface area contributed by atoms with Gasteiger partial charge in [0, 0.05) is 6.54 Å². The van der Waals surface area contributed by atoms with E-state index in [2.05, 4.69) is 15.5 Å². The summed E-state index contributed by atoms with van der Waals surface area (Å²) < 4.78 is 9.97. The van der Waals surface area contributed by atoms with Gasteiger partial charge in [0.2, 0.25) is 12.3 Å². The van der Waals surface area contributed by atoms with Crippen LogP contribution in [0.4, 0.5) is 5.69 Å². The largest absolute Gasteiger partial charge is 0.466 e. The van der Waals surface area contributed by atoms with Gasteiger partial charge < -0.3 is 24.5 Å². The molecule has 2 heterocycles. The summed E-state index contributed by atoms with van der Waals surface area (Å²) in [5, 5.41) is 19.6. The Hall–Kier alpha value is -3.20. The Bertz CT molecular complexity index is 816. The van der Waals surface area contributed by atoms with Crippen LogP contribution in [0.15, 0.2) is 46.3 Å². The molecular weight excluding hydrogens is 328 g/mol. The van der Waals surface area contributed by atoms with Crippen molar-refractivity contribution < 1.29 is 23.8 Å². The van der Waals surface area contributed by atoms with Crippen molar-refractivity contribution >= 4 is 17.6 Å². The lowest BCUT2D eigenvalue weighted by Gasteiger charge is -2.15. The number of hydrogen-bond donors (Lipinski definition) is 2. The van der Waals surface area contributed by atoms with Crippen molar-refractivity contribution in [2.75, 3.05) is 32.1 Å². The van der Waals surface area contributed by atoms with Crippen LogP contribution < -0.4 is 5.32 Å².